The van der Waals surface area contributed by atoms with E-state index in [2.05, 4.69) is 25.3 Å². The molecule has 0 spiro atoms. The Hall–Kier alpha value is -2.80. The molecule has 0 aliphatic heterocycles. The van der Waals surface area contributed by atoms with Gasteiger partial charge in [-0.05, 0) is 37.6 Å². The second kappa shape index (κ2) is 8.62. The molecule has 0 fully saturated rings. The summed E-state index contributed by atoms with van der Waals surface area (Å²) in [6.45, 7) is 3.91. The number of nitrogens with one attached hydrogen (secondary N) is 2. The van der Waals surface area contributed by atoms with E-state index in [4.69, 9.17) is 16.4 Å². The summed E-state index contributed by atoms with van der Waals surface area (Å²) in [5, 5.41) is 2.40. The van der Waals surface area contributed by atoms with Gasteiger partial charge < -0.3 is 5.32 Å². The first-order chi connectivity index (χ1) is 14.8. The number of halogens is 4. The summed E-state index contributed by atoms with van der Waals surface area (Å²) in [5.74, 6) is -0.207. The Bertz CT molecular complexity index is 1330. The van der Waals surface area contributed by atoms with E-state index in [0.29, 0.717) is 10.3 Å². The predicted molar refractivity (Wildman–Crippen MR) is 113 cm³/mol. The zero-order valence-corrected chi connectivity index (χ0v) is 18.8. The number of hydrogen-bond acceptors (Lipinski definition) is 8. The van der Waals surface area contributed by atoms with Crippen molar-refractivity contribution < 1.29 is 17.4 Å². The molecular weight excluding hydrogens is 471 g/mol. The lowest BCUT2D eigenvalue weighted by Crippen LogP contribution is -2.35. The molecule has 9 nitrogen and oxygen atoms in total. The molecule has 3 aromatic heterocycles. The first kappa shape index (κ1) is 23.9. The number of alkyl halides is 3. The normalized spacial score (nSPS) is 14.8. The summed E-state index contributed by atoms with van der Waals surface area (Å²) >= 11 is 5.80. The van der Waals surface area contributed by atoms with Crippen molar-refractivity contribution in [3.05, 3.63) is 45.4 Å². The Balaban J connectivity index is 2.04. The molecule has 0 radical (unpaired) electrons. The van der Waals surface area contributed by atoms with Crippen molar-refractivity contribution in [2.24, 2.45) is 0 Å². The van der Waals surface area contributed by atoms with E-state index in [0.717, 1.165) is 6.92 Å². The highest BCUT2D eigenvalue weighted by atomic mass is 35.5. The summed E-state index contributed by atoms with van der Waals surface area (Å²) < 4.78 is 60.8. The van der Waals surface area contributed by atoms with Crippen LogP contribution in [0, 0.1) is 11.7 Å². The van der Waals surface area contributed by atoms with Crippen molar-refractivity contribution >= 4 is 38.3 Å². The monoisotopic (exact) mass is 489 g/mol. The number of aryl methyl sites for hydroxylation is 1. The summed E-state index contributed by atoms with van der Waals surface area (Å²) in [4.78, 5) is 29.1. The van der Waals surface area contributed by atoms with Gasteiger partial charge in [-0.1, -0.05) is 6.92 Å². The largest absolute Gasteiger partial charge is 0.409 e. The van der Waals surface area contributed by atoms with E-state index >= 15 is 0 Å². The quantitative estimate of drug-likeness (QED) is 0.505. The van der Waals surface area contributed by atoms with Crippen molar-refractivity contribution in [1.29, 1.82) is 4.78 Å². The number of nitrogens with zero attached hydrogens (tertiary/aromatic N) is 5. The molecule has 0 saturated carbocycles. The number of rotatable bonds is 6. The van der Waals surface area contributed by atoms with Gasteiger partial charge in [-0.15, -0.1) is 0 Å². The molecule has 0 aliphatic carbocycles. The van der Waals surface area contributed by atoms with E-state index < -0.39 is 27.5 Å². The van der Waals surface area contributed by atoms with Crippen molar-refractivity contribution in [3.63, 3.8) is 0 Å². The first-order valence-electron chi connectivity index (χ1n) is 9.33. The molecule has 172 valence electrons. The molecule has 14 heteroatoms. The maximum atomic E-state index is 13.5. The van der Waals surface area contributed by atoms with Crippen LogP contribution in [0.1, 0.15) is 31.3 Å². The molecule has 3 heterocycles. The van der Waals surface area contributed by atoms with Crippen LogP contribution in [0.15, 0.2) is 28.0 Å². The van der Waals surface area contributed by atoms with Gasteiger partial charge in [0.15, 0.2) is 11.5 Å². The van der Waals surface area contributed by atoms with Crippen molar-refractivity contribution in [1.82, 2.24) is 24.5 Å². The van der Waals surface area contributed by atoms with Gasteiger partial charge in [0.2, 0.25) is 5.28 Å². The molecule has 3 rings (SSSR count). The molecule has 0 aromatic carbocycles. The Morgan fingerprint density at radius 2 is 1.97 bits per heavy atom. The van der Waals surface area contributed by atoms with Crippen LogP contribution in [-0.4, -0.2) is 40.6 Å². The minimum atomic E-state index is -4.72. The van der Waals surface area contributed by atoms with E-state index in [1.807, 2.05) is 0 Å². The van der Waals surface area contributed by atoms with E-state index in [-0.39, 0.29) is 45.2 Å². The van der Waals surface area contributed by atoms with Crippen molar-refractivity contribution in [2.45, 2.75) is 44.4 Å². The third-order valence-electron chi connectivity index (χ3n) is 4.77. The van der Waals surface area contributed by atoms with Crippen molar-refractivity contribution in [2.75, 3.05) is 11.1 Å². The number of hydrogen-bond donors (Lipinski definition) is 2. The number of aromatic nitrogens is 5. The summed E-state index contributed by atoms with van der Waals surface area (Å²) in [5.41, 5.74) is -0.754. The average molecular weight is 490 g/mol. The fourth-order valence-corrected chi connectivity index (χ4v) is 3.91. The minimum Gasteiger partial charge on any atom is -0.360 e. The Kier molecular flexibility index (Phi) is 6.43. The van der Waals surface area contributed by atoms with Crippen LogP contribution in [0.5, 0.6) is 0 Å². The van der Waals surface area contributed by atoms with Gasteiger partial charge in [-0.3, -0.25) is 14.3 Å². The maximum Gasteiger partial charge on any atom is 0.409 e. The van der Waals surface area contributed by atoms with Crippen molar-refractivity contribution in [3.8, 4) is 0 Å². The summed E-state index contributed by atoms with van der Waals surface area (Å²) in [7, 11) is -2.93. The lowest BCUT2D eigenvalue weighted by molar-refractivity contribution is -0.162. The van der Waals surface area contributed by atoms with Gasteiger partial charge in [0.25, 0.3) is 5.56 Å². The molecule has 0 bridgehead atoms. The van der Waals surface area contributed by atoms with Crippen LogP contribution in [-0.2, 0) is 16.3 Å². The molecule has 0 saturated heterocycles. The zero-order chi connectivity index (χ0) is 23.8. The molecule has 0 amide bonds. The van der Waals surface area contributed by atoms with Gasteiger partial charge in [0.05, 0.1) is 32.6 Å². The second-order valence-electron chi connectivity index (χ2n) is 6.91. The maximum absolute atomic E-state index is 13.5. The smallest absolute Gasteiger partial charge is 0.360 e. The van der Waals surface area contributed by atoms with Gasteiger partial charge in [0.1, 0.15) is 11.6 Å². The van der Waals surface area contributed by atoms with Gasteiger partial charge in [0, 0.05) is 11.9 Å². The standard InChI is InChI=1S/C18H19ClF3N7O2S/c1-4-32(23,31)12-6-5-11(24-8-12)7-25-14-16(30)29(10(3)18(20,21)22)15-13(27-14)9(2)26-17(19)28-15/h5-6,8,10,23H,4,7H2,1-3H3,(H,25,27)/t10-,32?/m0/s1. The third kappa shape index (κ3) is 4.67. The third-order valence-corrected chi connectivity index (χ3v) is 6.75. The lowest BCUT2D eigenvalue weighted by Gasteiger charge is -2.21. The predicted octanol–water partition coefficient (Wildman–Crippen LogP) is 3.70. The van der Waals surface area contributed by atoms with Gasteiger partial charge in [-0.25, -0.2) is 19.0 Å². The topological polar surface area (TPSA) is 127 Å². The summed E-state index contributed by atoms with van der Waals surface area (Å²) in [6.07, 6.45) is -3.42. The van der Waals surface area contributed by atoms with Crippen LogP contribution in [0.3, 0.4) is 0 Å². The number of fused-ring (bicyclic) bond motifs is 1. The molecule has 32 heavy (non-hydrogen) atoms. The van der Waals surface area contributed by atoms with E-state index in [1.54, 1.807) is 6.92 Å². The van der Waals surface area contributed by atoms with E-state index in [1.165, 1.54) is 25.3 Å². The highest BCUT2D eigenvalue weighted by molar-refractivity contribution is 7.92. The fraction of sp³-hybridized carbons (Fsp3) is 0.389. The van der Waals surface area contributed by atoms with Gasteiger partial charge >= 0.3 is 6.18 Å². The molecule has 2 N–H and O–H groups in total. The Morgan fingerprint density at radius 3 is 2.53 bits per heavy atom. The SMILES string of the molecule is CCS(=N)(=O)c1ccc(CNc2nc3c(C)nc(Cl)nc3n([C@@H](C)C(F)(F)F)c2=O)nc1. The molecular formula is C18H19ClF3N7O2S. The highest BCUT2D eigenvalue weighted by Gasteiger charge is 2.39. The molecule has 1 unspecified atom stereocenters. The Labute approximate surface area is 186 Å². The Morgan fingerprint density at radius 1 is 1.28 bits per heavy atom. The molecule has 2 atom stereocenters. The number of anilines is 1. The fourth-order valence-electron chi connectivity index (χ4n) is 2.86. The van der Waals surface area contributed by atoms with Crippen LogP contribution in [0.4, 0.5) is 19.0 Å². The average Bonchev–Trinajstić information content (AvgIpc) is 2.71. The van der Waals surface area contributed by atoms with Crippen LogP contribution in [0.25, 0.3) is 11.2 Å². The van der Waals surface area contributed by atoms with Crippen LogP contribution >= 0.6 is 11.6 Å². The lowest BCUT2D eigenvalue weighted by atomic mass is 10.3. The highest BCUT2D eigenvalue weighted by Crippen LogP contribution is 2.31. The first-order valence-corrected chi connectivity index (χ1v) is 11.4. The van der Waals surface area contributed by atoms with Crippen LogP contribution in [0.2, 0.25) is 5.28 Å². The van der Waals surface area contributed by atoms with E-state index in [9.17, 15) is 22.2 Å². The molecule has 0 aliphatic rings. The van der Waals surface area contributed by atoms with Crippen LogP contribution < -0.4 is 10.9 Å². The summed E-state index contributed by atoms with van der Waals surface area (Å²) in [6, 6.07) is 0.807. The van der Waals surface area contributed by atoms with Gasteiger partial charge in [-0.2, -0.15) is 18.2 Å². The number of pyridine rings is 1. The zero-order valence-electron chi connectivity index (χ0n) is 17.2. The minimum absolute atomic E-state index is 0.00667. The molecule has 3 aromatic rings. The second-order valence-corrected chi connectivity index (χ2v) is 9.64.